The predicted molar refractivity (Wildman–Crippen MR) is 97.1 cm³/mol. The number of benzene rings is 1. The fourth-order valence-corrected chi connectivity index (χ4v) is 3.52. The van der Waals surface area contributed by atoms with E-state index in [4.69, 9.17) is 11.6 Å². The van der Waals surface area contributed by atoms with Gasteiger partial charge in [0, 0.05) is 25.2 Å². The Morgan fingerprint density at radius 2 is 1.81 bits per heavy atom. The van der Waals surface area contributed by atoms with Gasteiger partial charge in [-0.15, -0.1) is 11.6 Å². The Morgan fingerprint density at radius 3 is 2.23 bits per heavy atom. The molecule has 0 radical (unpaired) electrons. The maximum Gasteiger partial charge on any atom is 0.416 e. The largest absolute Gasteiger partial charge is 0.416 e. The fourth-order valence-electron chi connectivity index (χ4n) is 3.37. The van der Waals surface area contributed by atoms with Crippen molar-refractivity contribution in [2.45, 2.75) is 57.9 Å². The monoisotopic (exact) mass is 390 g/mol. The minimum absolute atomic E-state index is 0.0121. The summed E-state index contributed by atoms with van der Waals surface area (Å²) in [6.45, 7) is 10.2. The van der Waals surface area contributed by atoms with Crippen LogP contribution in [-0.4, -0.2) is 45.8 Å². The molecule has 1 atom stereocenters. The summed E-state index contributed by atoms with van der Waals surface area (Å²) in [6.07, 6.45) is -3.57. The van der Waals surface area contributed by atoms with Crippen LogP contribution in [0, 0.1) is 0 Å². The summed E-state index contributed by atoms with van der Waals surface area (Å²) >= 11 is 5.81. The van der Waals surface area contributed by atoms with Crippen LogP contribution in [0.25, 0.3) is 0 Å². The number of carbonyl (C=O) groups is 1. The first-order valence-corrected chi connectivity index (χ1v) is 9.18. The summed E-state index contributed by atoms with van der Waals surface area (Å²) in [4.78, 5) is 16.5. The van der Waals surface area contributed by atoms with E-state index in [0.29, 0.717) is 12.1 Å². The Labute approximate surface area is 158 Å². The predicted octanol–water partition coefficient (Wildman–Crippen LogP) is 4.54. The third-order valence-electron chi connectivity index (χ3n) is 5.09. The second kappa shape index (κ2) is 7.39. The maximum absolute atomic E-state index is 12.7. The van der Waals surface area contributed by atoms with E-state index in [1.807, 2.05) is 6.92 Å². The SMILES string of the molecule is CC(C)(C)N1CC[C@](C)(N(Cc2ccc(C(F)(F)F)cc2)C(=O)CCl)C1. The molecule has 0 unspecified atom stereocenters. The number of amides is 1. The summed E-state index contributed by atoms with van der Waals surface area (Å²) in [5.41, 5.74) is -0.446. The maximum atomic E-state index is 12.7. The van der Waals surface area contributed by atoms with E-state index in [9.17, 15) is 18.0 Å². The average molecular weight is 391 g/mol. The molecule has 2 rings (SSSR count). The van der Waals surface area contributed by atoms with Crippen molar-refractivity contribution in [3.05, 3.63) is 35.4 Å². The van der Waals surface area contributed by atoms with Crippen molar-refractivity contribution in [2.24, 2.45) is 0 Å². The van der Waals surface area contributed by atoms with Crippen molar-refractivity contribution in [3.8, 4) is 0 Å². The number of likely N-dealkylation sites (tertiary alicyclic amines) is 1. The zero-order chi connectivity index (χ0) is 19.8. The summed E-state index contributed by atoms with van der Waals surface area (Å²) in [7, 11) is 0. The van der Waals surface area contributed by atoms with Gasteiger partial charge in [0.25, 0.3) is 0 Å². The van der Waals surface area contributed by atoms with E-state index in [0.717, 1.165) is 25.1 Å². The van der Waals surface area contributed by atoms with Crippen LogP contribution in [0.3, 0.4) is 0 Å². The lowest BCUT2D eigenvalue weighted by Crippen LogP contribution is -2.53. The summed E-state index contributed by atoms with van der Waals surface area (Å²) < 4.78 is 38.2. The molecule has 1 aromatic carbocycles. The van der Waals surface area contributed by atoms with Gasteiger partial charge in [-0.3, -0.25) is 9.69 Å². The van der Waals surface area contributed by atoms with E-state index < -0.39 is 17.3 Å². The molecule has 0 spiro atoms. The summed E-state index contributed by atoms with van der Waals surface area (Å²) in [5.74, 6) is -0.351. The molecule has 26 heavy (non-hydrogen) atoms. The lowest BCUT2D eigenvalue weighted by molar-refractivity contribution is -0.138. The molecule has 7 heteroatoms. The number of alkyl halides is 4. The van der Waals surface area contributed by atoms with E-state index in [-0.39, 0.29) is 23.9 Å². The first kappa shape index (κ1) is 21.0. The number of carbonyl (C=O) groups excluding carboxylic acids is 1. The Morgan fingerprint density at radius 1 is 1.23 bits per heavy atom. The molecule has 0 bridgehead atoms. The second-order valence-electron chi connectivity index (χ2n) is 8.15. The topological polar surface area (TPSA) is 23.6 Å². The molecular weight excluding hydrogens is 365 g/mol. The highest BCUT2D eigenvalue weighted by Gasteiger charge is 2.43. The number of nitrogens with zero attached hydrogens (tertiary/aromatic N) is 2. The highest BCUT2D eigenvalue weighted by Crippen LogP contribution is 2.34. The number of halogens is 4. The van der Waals surface area contributed by atoms with E-state index in [1.54, 1.807) is 4.90 Å². The Bertz CT molecular complexity index is 640. The van der Waals surface area contributed by atoms with Crippen molar-refractivity contribution < 1.29 is 18.0 Å². The zero-order valence-electron chi connectivity index (χ0n) is 15.7. The van der Waals surface area contributed by atoms with Crippen LogP contribution >= 0.6 is 11.6 Å². The molecule has 0 saturated carbocycles. The lowest BCUT2D eigenvalue weighted by atomic mass is 9.97. The first-order valence-electron chi connectivity index (χ1n) is 8.64. The second-order valence-corrected chi connectivity index (χ2v) is 8.41. The van der Waals surface area contributed by atoms with Gasteiger partial charge in [-0.25, -0.2) is 0 Å². The van der Waals surface area contributed by atoms with Gasteiger partial charge in [0.15, 0.2) is 0 Å². The molecule has 1 amide bonds. The van der Waals surface area contributed by atoms with Crippen molar-refractivity contribution in [1.82, 2.24) is 9.80 Å². The minimum atomic E-state index is -4.37. The third kappa shape index (κ3) is 4.71. The Kier molecular flexibility index (Phi) is 5.98. The molecule has 1 aliphatic heterocycles. The van der Waals surface area contributed by atoms with Gasteiger partial charge >= 0.3 is 6.18 Å². The normalized spacial score (nSPS) is 21.8. The van der Waals surface area contributed by atoms with Gasteiger partial charge < -0.3 is 4.90 Å². The van der Waals surface area contributed by atoms with Gasteiger partial charge in [0.1, 0.15) is 5.88 Å². The van der Waals surface area contributed by atoms with E-state index in [1.165, 1.54) is 12.1 Å². The lowest BCUT2D eigenvalue weighted by Gasteiger charge is -2.40. The quantitative estimate of drug-likeness (QED) is 0.705. The van der Waals surface area contributed by atoms with Crippen molar-refractivity contribution in [2.75, 3.05) is 19.0 Å². The van der Waals surface area contributed by atoms with Crippen molar-refractivity contribution >= 4 is 17.5 Å². The molecule has 146 valence electrons. The third-order valence-corrected chi connectivity index (χ3v) is 5.32. The first-order chi connectivity index (χ1) is 11.9. The highest BCUT2D eigenvalue weighted by molar-refractivity contribution is 6.27. The van der Waals surface area contributed by atoms with E-state index in [2.05, 4.69) is 25.7 Å². The number of hydrogen-bond acceptors (Lipinski definition) is 2. The molecule has 3 nitrogen and oxygen atoms in total. The molecule has 0 aromatic heterocycles. The minimum Gasteiger partial charge on any atom is -0.331 e. The van der Waals surface area contributed by atoms with Crippen LogP contribution in [0.5, 0.6) is 0 Å². The Hall–Kier alpha value is -1.27. The molecule has 1 aliphatic rings. The molecular formula is C19H26ClF3N2O. The summed E-state index contributed by atoms with van der Waals surface area (Å²) in [6, 6.07) is 4.96. The number of rotatable bonds is 4. The van der Waals surface area contributed by atoms with Gasteiger partial charge in [-0.05, 0) is 51.8 Å². The highest BCUT2D eigenvalue weighted by atomic mass is 35.5. The molecule has 1 fully saturated rings. The van der Waals surface area contributed by atoms with E-state index >= 15 is 0 Å². The number of hydrogen-bond donors (Lipinski definition) is 0. The molecule has 0 aliphatic carbocycles. The smallest absolute Gasteiger partial charge is 0.331 e. The molecule has 0 N–H and O–H groups in total. The van der Waals surface area contributed by atoms with Crippen molar-refractivity contribution in [1.29, 1.82) is 0 Å². The van der Waals surface area contributed by atoms with Crippen molar-refractivity contribution in [3.63, 3.8) is 0 Å². The average Bonchev–Trinajstić information content (AvgIpc) is 2.95. The van der Waals surface area contributed by atoms with Crippen LogP contribution in [0.15, 0.2) is 24.3 Å². The van der Waals surface area contributed by atoms with Crippen LogP contribution in [0.4, 0.5) is 13.2 Å². The van der Waals surface area contributed by atoms with Crippen LogP contribution < -0.4 is 0 Å². The van der Waals surface area contributed by atoms with Gasteiger partial charge in [-0.2, -0.15) is 13.2 Å². The van der Waals surface area contributed by atoms with Gasteiger partial charge in [0.2, 0.25) is 5.91 Å². The fraction of sp³-hybridized carbons (Fsp3) is 0.632. The zero-order valence-corrected chi connectivity index (χ0v) is 16.4. The standard InChI is InChI=1S/C19H26ClF3N2O/c1-17(2,3)24-10-9-18(4,13-24)25(16(26)11-20)12-14-5-7-15(8-6-14)19(21,22)23/h5-8H,9-13H2,1-4H3/t18-/m0/s1. The molecule has 1 aromatic rings. The summed E-state index contributed by atoms with van der Waals surface area (Å²) in [5, 5.41) is 0. The van der Waals surface area contributed by atoms with Crippen LogP contribution in [0.2, 0.25) is 0 Å². The molecule has 1 saturated heterocycles. The van der Waals surface area contributed by atoms with Crippen LogP contribution in [-0.2, 0) is 17.5 Å². The molecule has 1 heterocycles. The van der Waals surface area contributed by atoms with Gasteiger partial charge in [-0.1, -0.05) is 12.1 Å². The van der Waals surface area contributed by atoms with Crippen LogP contribution in [0.1, 0.15) is 45.2 Å². The van der Waals surface area contributed by atoms with Gasteiger partial charge in [0.05, 0.1) is 11.1 Å². The Balaban J connectivity index is 2.22.